The zero-order valence-electron chi connectivity index (χ0n) is 17.7. The van der Waals surface area contributed by atoms with Crippen LogP contribution < -0.4 is 10.1 Å². The molecule has 2 aromatic carbocycles. The van der Waals surface area contributed by atoms with Crippen LogP contribution >= 0.6 is 11.8 Å². The molecule has 2 aromatic rings. The number of fused-ring (bicyclic) bond motifs is 1. The number of carboxylic acid groups (broad SMARTS) is 1. The Morgan fingerprint density at radius 2 is 2.03 bits per heavy atom. The normalized spacial score (nSPS) is 22.4. The van der Waals surface area contributed by atoms with E-state index in [1.165, 1.54) is 12.7 Å². The first-order valence-electron chi connectivity index (χ1n) is 10.4. The van der Waals surface area contributed by atoms with Gasteiger partial charge in [-0.25, -0.2) is 4.79 Å². The topological polar surface area (TPSA) is 58.6 Å². The lowest BCUT2D eigenvalue weighted by molar-refractivity contribution is 0.0693. The fraction of sp³-hybridized carbons (Fsp3) is 0.458. The molecule has 5 heteroatoms. The molecule has 1 heterocycles. The van der Waals surface area contributed by atoms with Gasteiger partial charge in [0.25, 0.3) is 0 Å². The van der Waals surface area contributed by atoms with E-state index < -0.39 is 5.97 Å². The molecule has 0 radical (unpaired) electrons. The zero-order chi connectivity index (χ0) is 21.0. The number of carboxylic acids is 1. The zero-order valence-corrected chi connectivity index (χ0v) is 18.5. The van der Waals surface area contributed by atoms with Gasteiger partial charge in [0.15, 0.2) is 0 Å². The molecule has 0 saturated heterocycles. The molecule has 0 aliphatic carbocycles. The summed E-state index contributed by atoms with van der Waals surface area (Å²) in [5, 5.41) is 13.7. The lowest BCUT2D eigenvalue weighted by Crippen LogP contribution is -2.53. The third-order valence-electron chi connectivity index (χ3n) is 6.22. The van der Waals surface area contributed by atoms with E-state index in [2.05, 4.69) is 50.4 Å². The number of methoxy groups -OCH3 is 1. The molecule has 0 fully saturated rings. The van der Waals surface area contributed by atoms with Crippen LogP contribution in [0.15, 0.2) is 47.4 Å². The van der Waals surface area contributed by atoms with Crippen molar-refractivity contribution in [2.24, 2.45) is 5.92 Å². The lowest BCUT2D eigenvalue weighted by Gasteiger charge is -2.41. The summed E-state index contributed by atoms with van der Waals surface area (Å²) in [6, 6.07) is 14.1. The monoisotopic (exact) mass is 413 g/mol. The summed E-state index contributed by atoms with van der Waals surface area (Å²) in [6.45, 7) is 6.82. The van der Waals surface area contributed by atoms with Crippen LogP contribution in [0, 0.1) is 5.92 Å². The first-order chi connectivity index (χ1) is 14.0. The van der Waals surface area contributed by atoms with Gasteiger partial charge in [-0.3, -0.25) is 5.32 Å². The Hall–Kier alpha value is -1.98. The van der Waals surface area contributed by atoms with Crippen molar-refractivity contribution < 1.29 is 14.6 Å². The molecule has 0 aromatic heterocycles. The largest absolute Gasteiger partial charge is 0.496 e. The van der Waals surface area contributed by atoms with Gasteiger partial charge in [0.2, 0.25) is 0 Å². The minimum absolute atomic E-state index is 0.0165. The minimum atomic E-state index is -0.958. The molecule has 0 spiro atoms. The van der Waals surface area contributed by atoms with E-state index >= 15 is 0 Å². The molecule has 3 atom stereocenters. The number of nitrogens with one attached hydrogen (secondary N) is 1. The lowest BCUT2D eigenvalue weighted by atomic mass is 9.80. The van der Waals surface area contributed by atoms with Crippen LogP contribution in [-0.2, 0) is 0 Å². The second-order valence-electron chi connectivity index (χ2n) is 7.87. The minimum Gasteiger partial charge on any atom is -0.496 e. The fourth-order valence-electron chi connectivity index (χ4n) is 4.33. The van der Waals surface area contributed by atoms with Crippen molar-refractivity contribution in [3.63, 3.8) is 0 Å². The van der Waals surface area contributed by atoms with Crippen LogP contribution in [0.5, 0.6) is 5.75 Å². The smallest absolute Gasteiger partial charge is 0.339 e. The third kappa shape index (κ3) is 4.31. The Balaban J connectivity index is 2.17. The van der Waals surface area contributed by atoms with E-state index in [-0.39, 0.29) is 17.1 Å². The molecule has 1 aliphatic heterocycles. The second-order valence-corrected chi connectivity index (χ2v) is 8.89. The van der Waals surface area contributed by atoms with Crippen molar-refractivity contribution >= 4 is 17.7 Å². The first kappa shape index (κ1) is 21.7. The highest BCUT2D eigenvalue weighted by Crippen LogP contribution is 2.44. The predicted molar refractivity (Wildman–Crippen MR) is 119 cm³/mol. The van der Waals surface area contributed by atoms with Crippen LogP contribution in [0.3, 0.4) is 0 Å². The van der Waals surface area contributed by atoms with E-state index in [9.17, 15) is 9.90 Å². The molecule has 2 N–H and O–H groups in total. The SMILES string of the molecule is CCCC(C)[C@]1(CC)CSc2cc(C(=O)O)c(OC)cc2[C@@H](c2ccccc2)N1. The number of hydrogen-bond acceptors (Lipinski definition) is 4. The maximum Gasteiger partial charge on any atom is 0.339 e. The molecule has 0 saturated carbocycles. The second kappa shape index (κ2) is 9.23. The van der Waals surface area contributed by atoms with Gasteiger partial charge < -0.3 is 9.84 Å². The van der Waals surface area contributed by atoms with E-state index in [0.717, 1.165) is 35.5 Å². The maximum absolute atomic E-state index is 11.8. The Morgan fingerprint density at radius 3 is 2.62 bits per heavy atom. The van der Waals surface area contributed by atoms with Crippen molar-refractivity contribution in [1.29, 1.82) is 0 Å². The van der Waals surface area contributed by atoms with Gasteiger partial charge in [0.05, 0.1) is 13.2 Å². The summed E-state index contributed by atoms with van der Waals surface area (Å²) in [4.78, 5) is 12.8. The van der Waals surface area contributed by atoms with Crippen molar-refractivity contribution in [3.8, 4) is 5.75 Å². The van der Waals surface area contributed by atoms with Gasteiger partial charge in [-0.15, -0.1) is 11.8 Å². The molecular formula is C24H31NO3S. The molecule has 0 amide bonds. The van der Waals surface area contributed by atoms with Gasteiger partial charge in [0, 0.05) is 16.2 Å². The first-order valence-corrected chi connectivity index (χ1v) is 11.3. The highest BCUT2D eigenvalue weighted by Gasteiger charge is 2.40. The molecule has 1 aliphatic rings. The number of ether oxygens (including phenoxy) is 1. The third-order valence-corrected chi connectivity index (χ3v) is 7.54. The van der Waals surface area contributed by atoms with Crippen molar-refractivity contribution in [2.45, 2.75) is 56.5 Å². The van der Waals surface area contributed by atoms with Gasteiger partial charge in [0.1, 0.15) is 11.3 Å². The summed E-state index contributed by atoms with van der Waals surface area (Å²) in [6.07, 6.45) is 3.32. The summed E-state index contributed by atoms with van der Waals surface area (Å²) in [5.41, 5.74) is 2.46. The molecule has 29 heavy (non-hydrogen) atoms. The van der Waals surface area contributed by atoms with Crippen LogP contribution in [0.1, 0.15) is 67.6 Å². The number of aromatic carboxylic acids is 1. The van der Waals surface area contributed by atoms with E-state index in [0.29, 0.717) is 11.7 Å². The highest BCUT2D eigenvalue weighted by atomic mass is 32.2. The van der Waals surface area contributed by atoms with Crippen molar-refractivity contribution in [2.75, 3.05) is 12.9 Å². The fourth-order valence-corrected chi connectivity index (χ4v) is 5.86. The number of thioether (sulfide) groups is 1. The average molecular weight is 414 g/mol. The number of benzene rings is 2. The quantitative estimate of drug-likeness (QED) is 0.604. The van der Waals surface area contributed by atoms with Gasteiger partial charge >= 0.3 is 5.97 Å². The summed E-state index contributed by atoms with van der Waals surface area (Å²) in [5.74, 6) is 0.864. The number of hydrogen-bond donors (Lipinski definition) is 2. The Morgan fingerprint density at radius 1 is 1.31 bits per heavy atom. The highest BCUT2D eigenvalue weighted by molar-refractivity contribution is 7.99. The van der Waals surface area contributed by atoms with Crippen LogP contribution in [0.25, 0.3) is 0 Å². The summed E-state index contributed by atoms with van der Waals surface area (Å²) >= 11 is 1.76. The standard InChI is InChI=1S/C24H31NO3S/c1-5-10-16(3)24(6-2)15-29-21-14-18(23(26)27)20(28-4)13-19(21)22(25-24)17-11-8-7-9-12-17/h7-9,11-14,16,22,25H,5-6,10,15H2,1-4H3,(H,26,27)/t16?,22-,24+/m1/s1. The van der Waals surface area contributed by atoms with Crippen LogP contribution in [0.2, 0.25) is 0 Å². The average Bonchev–Trinajstić information content (AvgIpc) is 2.91. The van der Waals surface area contributed by atoms with E-state index in [1.807, 2.05) is 12.1 Å². The summed E-state index contributed by atoms with van der Waals surface area (Å²) < 4.78 is 5.44. The van der Waals surface area contributed by atoms with Gasteiger partial charge in [-0.1, -0.05) is 57.5 Å². The predicted octanol–water partition coefficient (Wildman–Crippen LogP) is 5.76. The molecule has 4 nitrogen and oxygen atoms in total. The number of carbonyl (C=O) groups is 1. The number of rotatable bonds is 7. The van der Waals surface area contributed by atoms with Gasteiger partial charge in [-0.2, -0.15) is 0 Å². The Kier molecular flexibility index (Phi) is 6.91. The Labute approximate surface area is 178 Å². The molecule has 156 valence electrons. The Bertz CT molecular complexity index is 855. The van der Waals surface area contributed by atoms with E-state index in [1.54, 1.807) is 17.8 Å². The maximum atomic E-state index is 11.8. The molecule has 1 unspecified atom stereocenters. The van der Waals surface area contributed by atoms with Crippen molar-refractivity contribution in [3.05, 3.63) is 59.2 Å². The van der Waals surface area contributed by atoms with Gasteiger partial charge in [-0.05, 0) is 42.0 Å². The van der Waals surface area contributed by atoms with Crippen molar-refractivity contribution in [1.82, 2.24) is 5.32 Å². The van der Waals surface area contributed by atoms with Crippen LogP contribution in [-0.4, -0.2) is 29.5 Å². The molecule has 3 rings (SSSR count). The summed E-state index contributed by atoms with van der Waals surface area (Å²) in [7, 11) is 1.53. The van der Waals surface area contributed by atoms with Crippen LogP contribution in [0.4, 0.5) is 0 Å². The van der Waals surface area contributed by atoms with E-state index in [4.69, 9.17) is 4.74 Å². The molecule has 0 bridgehead atoms. The molecular weight excluding hydrogens is 382 g/mol.